The van der Waals surface area contributed by atoms with Crippen molar-refractivity contribution in [2.75, 3.05) is 7.11 Å². The van der Waals surface area contributed by atoms with Crippen LogP contribution in [0.1, 0.15) is 13.3 Å². The molecule has 1 atom stereocenters. The quantitative estimate of drug-likeness (QED) is 0.607. The van der Waals surface area contributed by atoms with Gasteiger partial charge in [0.15, 0.2) is 11.9 Å². The standard InChI is InChI=1S/C11H14N2O5/c1-3-9(11(12)14)18-10-5-4-7(17-2)6-8(10)13(15)16/h4-6,9H,3H2,1-2H3,(H2,12,14). The Bertz CT molecular complexity index is 461. The number of carbonyl (C=O) groups excluding carboxylic acids is 1. The van der Waals surface area contributed by atoms with E-state index in [2.05, 4.69) is 0 Å². The van der Waals surface area contributed by atoms with Crippen LogP contribution in [0, 0.1) is 10.1 Å². The van der Waals surface area contributed by atoms with Crippen molar-refractivity contribution in [3.63, 3.8) is 0 Å². The van der Waals surface area contributed by atoms with Crippen molar-refractivity contribution in [1.82, 2.24) is 0 Å². The molecule has 1 aromatic rings. The molecular weight excluding hydrogens is 240 g/mol. The zero-order valence-electron chi connectivity index (χ0n) is 10.1. The zero-order chi connectivity index (χ0) is 13.7. The van der Waals surface area contributed by atoms with Gasteiger partial charge in [-0.05, 0) is 18.6 Å². The van der Waals surface area contributed by atoms with E-state index in [1.54, 1.807) is 6.92 Å². The third-order valence-electron chi connectivity index (χ3n) is 2.32. The van der Waals surface area contributed by atoms with Gasteiger partial charge in [-0.15, -0.1) is 0 Å². The van der Waals surface area contributed by atoms with Crippen molar-refractivity contribution in [3.05, 3.63) is 28.3 Å². The summed E-state index contributed by atoms with van der Waals surface area (Å²) in [7, 11) is 1.40. The van der Waals surface area contributed by atoms with Gasteiger partial charge in [0.1, 0.15) is 5.75 Å². The molecule has 0 saturated heterocycles. The first-order chi connectivity index (χ1) is 8.49. The van der Waals surface area contributed by atoms with Crippen LogP contribution >= 0.6 is 0 Å². The summed E-state index contributed by atoms with van der Waals surface area (Å²) in [5.41, 5.74) is 4.85. The monoisotopic (exact) mass is 254 g/mol. The fourth-order valence-electron chi connectivity index (χ4n) is 1.36. The van der Waals surface area contributed by atoms with E-state index in [0.29, 0.717) is 12.2 Å². The minimum Gasteiger partial charge on any atom is -0.496 e. The third kappa shape index (κ3) is 3.09. The summed E-state index contributed by atoms with van der Waals surface area (Å²) >= 11 is 0. The summed E-state index contributed by atoms with van der Waals surface area (Å²) in [6.07, 6.45) is -0.560. The Morgan fingerprint density at radius 2 is 2.22 bits per heavy atom. The summed E-state index contributed by atoms with van der Waals surface area (Å²) in [5.74, 6) is -0.338. The number of nitrogens with zero attached hydrogens (tertiary/aromatic N) is 1. The van der Waals surface area contributed by atoms with Gasteiger partial charge in [-0.1, -0.05) is 6.92 Å². The highest BCUT2D eigenvalue weighted by atomic mass is 16.6. The molecule has 1 aromatic carbocycles. The minimum atomic E-state index is -0.892. The molecule has 0 bridgehead atoms. The lowest BCUT2D eigenvalue weighted by Gasteiger charge is -2.14. The lowest BCUT2D eigenvalue weighted by atomic mass is 10.2. The Balaban J connectivity index is 3.08. The fraction of sp³-hybridized carbons (Fsp3) is 0.364. The lowest BCUT2D eigenvalue weighted by molar-refractivity contribution is -0.386. The number of ether oxygens (including phenoxy) is 2. The first-order valence-electron chi connectivity index (χ1n) is 5.28. The molecule has 0 saturated carbocycles. The van der Waals surface area contributed by atoms with Crippen LogP contribution < -0.4 is 15.2 Å². The van der Waals surface area contributed by atoms with E-state index >= 15 is 0 Å². The Hall–Kier alpha value is -2.31. The van der Waals surface area contributed by atoms with Gasteiger partial charge in [-0.2, -0.15) is 0 Å². The van der Waals surface area contributed by atoms with Crippen LogP contribution in [0.4, 0.5) is 5.69 Å². The van der Waals surface area contributed by atoms with Crippen LogP contribution in [0.25, 0.3) is 0 Å². The Labute approximate surface area is 104 Å². The van der Waals surface area contributed by atoms with Crippen molar-refractivity contribution < 1.29 is 19.2 Å². The summed E-state index contributed by atoms with van der Waals surface area (Å²) in [5, 5.41) is 10.9. The Morgan fingerprint density at radius 1 is 1.56 bits per heavy atom. The van der Waals surface area contributed by atoms with Crippen LogP contribution in [0.3, 0.4) is 0 Å². The van der Waals surface area contributed by atoms with E-state index in [0.717, 1.165) is 0 Å². The highest BCUT2D eigenvalue weighted by molar-refractivity contribution is 5.79. The summed E-state index contributed by atoms with van der Waals surface area (Å²) in [6.45, 7) is 1.70. The van der Waals surface area contributed by atoms with E-state index in [9.17, 15) is 14.9 Å². The van der Waals surface area contributed by atoms with E-state index in [1.807, 2.05) is 0 Å². The maximum Gasteiger partial charge on any atom is 0.314 e. The fourth-order valence-corrected chi connectivity index (χ4v) is 1.36. The molecule has 0 fully saturated rings. The van der Waals surface area contributed by atoms with Crippen LogP contribution in [0.5, 0.6) is 11.5 Å². The number of amides is 1. The van der Waals surface area contributed by atoms with Crippen LogP contribution in [-0.4, -0.2) is 24.0 Å². The average Bonchev–Trinajstić information content (AvgIpc) is 2.35. The van der Waals surface area contributed by atoms with Gasteiger partial charge in [0, 0.05) is 0 Å². The molecule has 98 valence electrons. The Kier molecular flexibility index (Phi) is 4.47. The van der Waals surface area contributed by atoms with E-state index in [-0.39, 0.29) is 11.4 Å². The van der Waals surface area contributed by atoms with Gasteiger partial charge in [0.25, 0.3) is 5.91 Å². The van der Waals surface area contributed by atoms with Crippen LogP contribution in [0.15, 0.2) is 18.2 Å². The molecule has 1 amide bonds. The number of primary amides is 1. The summed E-state index contributed by atoms with van der Waals surface area (Å²) < 4.78 is 10.1. The molecule has 7 nitrogen and oxygen atoms in total. The number of nitro groups is 1. The first kappa shape index (κ1) is 13.8. The molecule has 7 heteroatoms. The lowest BCUT2D eigenvalue weighted by Crippen LogP contribution is -2.33. The van der Waals surface area contributed by atoms with Crippen LogP contribution in [-0.2, 0) is 4.79 Å². The molecule has 1 rings (SSSR count). The van der Waals surface area contributed by atoms with E-state index in [1.165, 1.54) is 25.3 Å². The smallest absolute Gasteiger partial charge is 0.314 e. The van der Waals surface area contributed by atoms with Crippen LogP contribution in [0.2, 0.25) is 0 Å². The number of methoxy groups -OCH3 is 1. The predicted octanol–water partition coefficient (Wildman–Crippen LogP) is 1.25. The molecule has 0 aliphatic heterocycles. The second-order valence-electron chi connectivity index (χ2n) is 3.51. The van der Waals surface area contributed by atoms with Gasteiger partial charge in [-0.3, -0.25) is 14.9 Å². The molecule has 0 aromatic heterocycles. The SMILES string of the molecule is CCC(Oc1ccc(OC)cc1[N+](=O)[O-])C(N)=O. The van der Waals surface area contributed by atoms with E-state index < -0.39 is 16.9 Å². The highest BCUT2D eigenvalue weighted by Crippen LogP contribution is 2.31. The largest absolute Gasteiger partial charge is 0.496 e. The average molecular weight is 254 g/mol. The van der Waals surface area contributed by atoms with E-state index in [4.69, 9.17) is 15.2 Å². The number of carbonyl (C=O) groups is 1. The number of rotatable bonds is 6. The molecule has 0 aliphatic rings. The number of benzene rings is 1. The third-order valence-corrected chi connectivity index (χ3v) is 2.32. The van der Waals surface area contributed by atoms with Crippen molar-refractivity contribution in [3.8, 4) is 11.5 Å². The molecule has 0 heterocycles. The van der Waals surface area contributed by atoms with Gasteiger partial charge < -0.3 is 15.2 Å². The topological polar surface area (TPSA) is 105 Å². The number of hydrogen-bond donors (Lipinski definition) is 1. The van der Waals surface area contributed by atoms with Gasteiger partial charge in [-0.25, -0.2) is 0 Å². The Morgan fingerprint density at radius 3 is 2.67 bits per heavy atom. The van der Waals surface area contributed by atoms with Gasteiger partial charge >= 0.3 is 5.69 Å². The van der Waals surface area contributed by atoms with Crippen molar-refractivity contribution in [1.29, 1.82) is 0 Å². The molecule has 2 N–H and O–H groups in total. The molecule has 1 unspecified atom stereocenters. The highest BCUT2D eigenvalue weighted by Gasteiger charge is 2.22. The number of hydrogen-bond acceptors (Lipinski definition) is 5. The zero-order valence-corrected chi connectivity index (χ0v) is 10.1. The molecule has 0 aliphatic carbocycles. The molecular formula is C11H14N2O5. The van der Waals surface area contributed by atoms with Gasteiger partial charge in [0.05, 0.1) is 18.1 Å². The van der Waals surface area contributed by atoms with Crippen molar-refractivity contribution in [2.24, 2.45) is 5.73 Å². The minimum absolute atomic E-state index is 0.00792. The predicted molar refractivity (Wildman–Crippen MR) is 63.5 cm³/mol. The normalized spacial score (nSPS) is 11.7. The summed E-state index contributed by atoms with van der Waals surface area (Å²) in [6, 6.07) is 4.11. The van der Waals surface area contributed by atoms with Crippen molar-refractivity contribution in [2.45, 2.75) is 19.4 Å². The van der Waals surface area contributed by atoms with Gasteiger partial charge in [0.2, 0.25) is 0 Å². The number of nitro benzene ring substituents is 1. The van der Waals surface area contributed by atoms with Crippen molar-refractivity contribution >= 4 is 11.6 Å². The second kappa shape index (κ2) is 5.85. The molecule has 18 heavy (non-hydrogen) atoms. The second-order valence-corrected chi connectivity index (χ2v) is 3.51. The molecule has 0 radical (unpaired) electrons. The number of nitrogens with two attached hydrogens (primary N) is 1. The first-order valence-corrected chi connectivity index (χ1v) is 5.28. The molecule has 0 spiro atoms. The maximum atomic E-state index is 11.0. The maximum absolute atomic E-state index is 11.0. The summed E-state index contributed by atoms with van der Waals surface area (Å²) in [4.78, 5) is 21.3.